The smallest absolute Gasteiger partial charge is 0.230 e. The van der Waals surface area contributed by atoms with E-state index in [2.05, 4.69) is 5.32 Å². The van der Waals surface area contributed by atoms with Gasteiger partial charge in [-0.2, -0.15) is 0 Å². The second kappa shape index (κ2) is 7.46. The van der Waals surface area contributed by atoms with E-state index in [0.29, 0.717) is 28.7 Å². The van der Waals surface area contributed by atoms with E-state index in [9.17, 15) is 9.59 Å². The molecule has 130 valence electrons. The first kappa shape index (κ1) is 17.8. The predicted octanol–water partition coefficient (Wildman–Crippen LogP) is 4.62. The van der Waals surface area contributed by atoms with Crippen molar-refractivity contribution in [1.29, 1.82) is 0 Å². The monoisotopic (exact) mass is 376 g/mol. The van der Waals surface area contributed by atoms with Gasteiger partial charge in [0, 0.05) is 12.2 Å². The summed E-state index contributed by atoms with van der Waals surface area (Å²) < 4.78 is 0. The zero-order chi connectivity index (χ0) is 18.0. The molecule has 1 fully saturated rings. The fourth-order valence-corrected chi connectivity index (χ4v) is 3.36. The van der Waals surface area contributed by atoms with Gasteiger partial charge in [-0.1, -0.05) is 47.5 Å². The number of hydrogen-bond donors (Lipinski definition) is 1. The molecule has 1 aliphatic rings. The molecule has 1 saturated carbocycles. The van der Waals surface area contributed by atoms with Crippen molar-refractivity contribution in [2.45, 2.75) is 13.3 Å². The lowest BCUT2D eigenvalue weighted by Gasteiger charge is -2.21. The van der Waals surface area contributed by atoms with Crippen molar-refractivity contribution in [2.75, 3.05) is 16.8 Å². The molecule has 2 aromatic rings. The lowest BCUT2D eigenvalue weighted by atomic mass is 10.2. The van der Waals surface area contributed by atoms with Crippen LogP contribution in [0.4, 0.5) is 11.4 Å². The van der Waals surface area contributed by atoms with Crippen molar-refractivity contribution >= 4 is 46.4 Å². The molecule has 2 amide bonds. The summed E-state index contributed by atoms with van der Waals surface area (Å²) in [6, 6.07) is 14.5. The maximum absolute atomic E-state index is 12.7. The van der Waals surface area contributed by atoms with Gasteiger partial charge < -0.3 is 10.2 Å². The highest BCUT2D eigenvalue weighted by Gasteiger charge is 2.49. The van der Waals surface area contributed by atoms with Crippen molar-refractivity contribution in [3.63, 3.8) is 0 Å². The Morgan fingerprint density at radius 2 is 1.68 bits per heavy atom. The molecule has 6 heteroatoms. The second-order valence-electron chi connectivity index (χ2n) is 5.95. The highest BCUT2D eigenvalue weighted by atomic mass is 35.5. The van der Waals surface area contributed by atoms with E-state index in [1.54, 1.807) is 23.1 Å². The lowest BCUT2D eigenvalue weighted by molar-refractivity contribution is -0.123. The van der Waals surface area contributed by atoms with Gasteiger partial charge in [-0.15, -0.1) is 0 Å². The largest absolute Gasteiger partial charge is 0.323 e. The lowest BCUT2D eigenvalue weighted by Crippen LogP contribution is -2.33. The molecule has 2 aromatic carbocycles. The minimum Gasteiger partial charge on any atom is -0.323 e. The van der Waals surface area contributed by atoms with Crippen LogP contribution in [0.3, 0.4) is 0 Å². The number of nitrogens with one attached hydrogen (secondary N) is 1. The summed E-state index contributed by atoms with van der Waals surface area (Å²) in [5.41, 5.74) is 1.24. The third-order valence-corrected chi connectivity index (χ3v) is 4.94. The van der Waals surface area contributed by atoms with Gasteiger partial charge in [0.1, 0.15) is 0 Å². The second-order valence-corrected chi connectivity index (χ2v) is 6.77. The third-order valence-electron chi connectivity index (χ3n) is 4.31. The van der Waals surface area contributed by atoms with Gasteiger partial charge in [-0.05, 0) is 37.6 Å². The average Bonchev–Trinajstić information content (AvgIpc) is 3.40. The zero-order valence-electron chi connectivity index (χ0n) is 13.7. The van der Waals surface area contributed by atoms with Crippen molar-refractivity contribution in [2.24, 2.45) is 11.8 Å². The number of carbonyl (C=O) groups is 2. The number of hydrogen-bond acceptors (Lipinski definition) is 2. The van der Waals surface area contributed by atoms with Gasteiger partial charge in [-0.3, -0.25) is 9.59 Å². The van der Waals surface area contributed by atoms with Crippen LogP contribution in [0.5, 0.6) is 0 Å². The van der Waals surface area contributed by atoms with Gasteiger partial charge >= 0.3 is 0 Å². The van der Waals surface area contributed by atoms with Gasteiger partial charge in [0.15, 0.2) is 0 Å². The van der Waals surface area contributed by atoms with Crippen LogP contribution in [-0.2, 0) is 9.59 Å². The fourth-order valence-electron chi connectivity index (χ4n) is 2.86. The van der Waals surface area contributed by atoms with Crippen LogP contribution in [-0.4, -0.2) is 18.4 Å². The number of benzene rings is 2. The molecule has 0 saturated heterocycles. The summed E-state index contributed by atoms with van der Waals surface area (Å²) in [6.07, 6.45) is 0.538. The first-order valence-electron chi connectivity index (χ1n) is 8.14. The van der Waals surface area contributed by atoms with E-state index >= 15 is 0 Å². The molecule has 0 spiro atoms. The molecule has 25 heavy (non-hydrogen) atoms. The summed E-state index contributed by atoms with van der Waals surface area (Å²) in [7, 11) is 0. The number of anilines is 2. The Kier molecular flexibility index (Phi) is 5.30. The molecule has 2 unspecified atom stereocenters. The van der Waals surface area contributed by atoms with Crippen LogP contribution in [0, 0.1) is 11.8 Å². The summed E-state index contributed by atoms with van der Waals surface area (Å²) in [5.74, 6) is -0.907. The molecule has 0 radical (unpaired) electrons. The average molecular weight is 377 g/mol. The van der Waals surface area contributed by atoms with Gasteiger partial charge in [-0.25, -0.2) is 0 Å². The van der Waals surface area contributed by atoms with Gasteiger partial charge in [0.05, 0.1) is 27.6 Å². The summed E-state index contributed by atoms with van der Waals surface area (Å²) in [5, 5.41) is 3.51. The molecule has 3 rings (SSSR count). The minimum atomic E-state index is -0.349. The Labute approximate surface area is 156 Å². The summed E-state index contributed by atoms with van der Waals surface area (Å²) >= 11 is 12.2. The third kappa shape index (κ3) is 3.80. The Hall–Kier alpha value is -2.04. The van der Waals surface area contributed by atoms with Crippen molar-refractivity contribution in [1.82, 2.24) is 0 Å². The van der Waals surface area contributed by atoms with Crippen molar-refractivity contribution < 1.29 is 9.59 Å². The Morgan fingerprint density at radius 3 is 2.28 bits per heavy atom. The molecule has 0 aromatic heterocycles. The maximum Gasteiger partial charge on any atom is 0.230 e. The number of rotatable bonds is 5. The van der Waals surface area contributed by atoms with Crippen molar-refractivity contribution in [3.05, 3.63) is 58.6 Å². The Balaban J connectivity index is 1.67. The molecule has 4 nitrogen and oxygen atoms in total. The van der Waals surface area contributed by atoms with E-state index in [1.807, 2.05) is 37.3 Å². The predicted molar refractivity (Wildman–Crippen MR) is 101 cm³/mol. The molecular weight excluding hydrogens is 359 g/mol. The first-order valence-corrected chi connectivity index (χ1v) is 8.89. The topological polar surface area (TPSA) is 49.4 Å². The van der Waals surface area contributed by atoms with Crippen LogP contribution in [0.15, 0.2) is 48.5 Å². The van der Waals surface area contributed by atoms with Crippen LogP contribution in [0.2, 0.25) is 10.0 Å². The minimum absolute atomic E-state index is 0.0286. The van der Waals surface area contributed by atoms with Gasteiger partial charge in [0.25, 0.3) is 0 Å². The number of halogens is 2. The SMILES string of the molecule is CCN(C(=O)C1CC1C(=O)Nc1c(Cl)cccc1Cl)c1ccccc1. The number of carbonyl (C=O) groups excluding carboxylic acids is 2. The van der Waals surface area contributed by atoms with Gasteiger partial charge in [0.2, 0.25) is 11.8 Å². The quantitative estimate of drug-likeness (QED) is 0.827. The maximum atomic E-state index is 12.7. The van der Waals surface area contributed by atoms with E-state index in [-0.39, 0.29) is 23.7 Å². The molecule has 2 atom stereocenters. The standard InChI is InChI=1S/C19H18Cl2N2O2/c1-2-23(12-7-4-3-5-8-12)19(25)14-11-13(14)18(24)22-17-15(20)9-6-10-16(17)21/h3-10,13-14H,2,11H2,1H3,(H,22,24). The molecule has 1 N–H and O–H groups in total. The summed E-state index contributed by atoms with van der Waals surface area (Å²) in [6.45, 7) is 2.48. The van der Waals surface area contributed by atoms with Crippen LogP contribution in [0.25, 0.3) is 0 Å². The molecule has 1 aliphatic carbocycles. The fraction of sp³-hybridized carbons (Fsp3) is 0.263. The number of nitrogens with zero attached hydrogens (tertiary/aromatic N) is 1. The molecular formula is C19H18Cl2N2O2. The van der Waals surface area contributed by atoms with Crippen LogP contribution < -0.4 is 10.2 Å². The Morgan fingerprint density at radius 1 is 1.04 bits per heavy atom. The number of para-hydroxylation sites is 2. The zero-order valence-corrected chi connectivity index (χ0v) is 15.2. The van der Waals surface area contributed by atoms with E-state index in [1.165, 1.54) is 0 Å². The van der Waals surface area contributed by atoms with E-state index < -0.39 is 0 Å². The molecule has 0 heterocycles. The summed E-state index contributed by atoms with van der Waals surface area (Å²) in [4.78, 5) is 26.9. The van der Waals surface area contributed by atoms with Crippen LogP contribution >= 0.6 is 23.2 Å². The molecule has 0 aliphatic heterocycles. The van der Waals surface area contributed by atoms with E-state index in [0.717, 1.165) is 5.69 Å². The highest BCUT2D eigenvalue weighted by molar-refractivity contribution is 6.39. The van der Waals surface area contributed by atoms with Crippen LogP contribution in [0.1, 0.15) is 13.3 Å². The number of amides is 2. The first-order chi connectivity index (χ1) is 12.0. The highest BCUT2D eigenvalue weighted by Crippen LogP contribution is 2.42. The Bertz CT molecular complexity index is 775. The normalized spacial score (nSPS) is 18.5. The van der Waals surface area contributed by atoms with Crippen molar-refractivity contribution in [3.8, 4) is 0 Å². The van der Waals surface area contributed by atoms with E-state index in [4.69, 9.17) is 23.2 Å². The molecule has 0 bridgehead atoms.